The minimum absolute atomic E-state index is 0.391. The van der Waals surface area contributed by atoms with E-state index in [9.17, 15) is 0 Å². The third-order valence-electron chi connectivity index (χ3n) is 1.72. The van der Waals surface area contributed by atoms with Gasteiger partial charge in [-0.25, -0.2) is 9.97 Å². The Morgan fingerprint density at radius 3 is 3.07 bits per heavy atom. The van der Waals surface area contributed by atoms with Gasteiger partial charge in [-0.3, -0.25) is 0 Å². The molecule has 15 heavy (non-hydrogen) atoms. The third kappa shape index (κ3) is 2.19. The standard InChI is InChI=1S/C8H10N6O/c1-5-13-7(15-14-5)3-11-8-6(9)2-10-4-12-8/h2,4H,3,9H2,1H3,(H,10,11,12). The number of aryl methyl sites for hydroxylation is 1. The smallest absolute Gasteiger partial charge is 0.245 e. The Morgan fingerprint density at radius 2 is 2.40 bits per heavy atom. The van der Waals surface area contributed by atoms with Crippen LogP contribution in [0.15, 0.2) is 17.0 Å². The van der Waals surface area contributed by atoms with Crippen LogP contribution in [0.3, 0.4) is 0 Å². The molecule has 0 bridgehead atoms. The van der Waals surface area contributed by atoms with E-state index in [0.29, 0.717) is 29.8 Å². The largest absolute Gasteiger partial charge is 0.394 e. The van der Waals surface area contributed by atoms with Crippen molar-refractivity contribution in [2.75, 3.05) is 11.1 Å². The van der Waals surface area contributed by atoms with E-state index >= 15 is 0 Å². The average Bonchev–Trinajstić information content (AvgIpc) is 2.63. The van der Waals surface area contributed by atoms with E-state index in [-0.39, 0.29) is 0 Å². The minimum atomic E-state index is 0.391. The van der Waals surface area contributed by atoms with Gasteiger partial charge < -0.3 is 15.6 Å². The van der Waals surface area contributed by atoms with Crippen LogP contribution in [0.2, 0.25) is 0 Å². The first-order chi connectivity index (χ1) is 7.25. The maximum atomic E-state index is 5.64. The molecule has 0 aliphatic carbocycles. The normalized spacial score (nSPS) is 10.2. The summed E-state index contributed by atoms with van der Waals surface area (Å²) in [5.74, 6) is 1.65. The quantitative estimate of drug-likeness (QED) is 0.747. The lowest BCUT2D eigenvalue weighted by Gasteiger charge is -2.03. The molecule has 2 heterocycles. The number of hydrogen-bond donors (Lipinski definition) is 2. The Labute approximate surface area is 85.7 Å². The number of hydrogen-bond acceptors (Lipinski definition) is 7. The second-order valence-electron chi connectivity index (χ2n) is 2.92. The number of rotatable bonds is 3. The number of aromatic nitrogens is 4. The van der Waals surface area contributed by atoms with Crippen molar-refractivity contribution in [3.63, 3.8) is 0 Å². The molecule has 2 rings (SSSR count). The first kappa shape index (κ1) is 9.38. The highest BCUT2D eigenvalue weighted by molar-refractivity contribution is 5.58. The van der Waals surface area contributed by atoms with Gasteiger partial charge in [0.15, 0.2) is 11.6 Å². The second kappa shape index (κ2) is 3.91. The fourth-order valence-electron chi connectivity index (χ4n) is 1.06. The Morgan fingerprint density at radius 1 is 1.53 bits per heavy atom. The van der Waals surface area contributed by atoms with E-state index in [1.807, 2.05) is 0 Å². The molecule has 3 N–H and O–H groups in total. The van der Waals surface area contributed by atoms with Gasteiger partial charge in [0.2, 0.25) is 5.89 Å². The molecule has 0 radical (unpaired) electrons. The van der Waals surface area contributed by atoms with E-state index in [1.54, 1.807) is 6.92 Å². The molecule has 0 aliphatic heterocycles. The van der Waals surface area contributed by atoms with Crippen molar-refractivity contribution in [1.29, 1.82) is 0 Å². The molecular weight excluding hydrogens is 196 g/mol. The van der Waals surface area contributed by atoms with Gasteiger partial charge in [-0.2, -0.15) is 4.98 Å². The van der Waals surface area contributed by atoms with Crippen LogP contribution < -0.4 is 11.1 Å². The summed E-state index contributed by atoms with van der Waals surface area (Å²) in [6.45, 7) is 2.15. The van der Waals surface area contributed by atoms with Gasteiger partial charge in [0.1, 0.15) is 6.33 Å². The number of anilines is 2. The monoisotopic (exact) mass is 206 g/mol. The van der Waals surface area contributed by atoms with E-state index in [4.69, 9.17) is 10.3 Å². The summed E-state index contributed by atoms with van der Waals surface area (Å²) in [5, 5.41) is 6.63. The van der Waals surface area contributed by atoms with Gasteiger partial charge in [0, 0.05) is 0 Å². The summed E-state index contributed by atoms with van der Waals surface area (Å²) in [6, 6.07) is 0. The van der Waals surface area contributed by atoms with Crippen LogP contribution in [-0.4, -0.2) is 20.1 Å². The molecular formula is C8H10N6O. The van der Waals surface area contributed by atoms with Crippen LogP contribution in [0.25, 0.3) is 0 Å². The van der Waals surface area contributed by atoms with Crippen LogP contribution in [0.4, 0.5) is 11.5 Å². The molecule has 0 saturated carbocycles. The maximum Gasteiger partial charge on any atom is 0.245 e. The summed E-state index contributed by atoms with van der Waals surface area (Å²) in [5.41, 5.74) is 6.12. The number of nitrogens with one attached hydrogen (secondary N) is 1. The molecule has 0 aromatic carbocycles. The van der Waals surface area contributed by atoms with E-state index in [0.717, 1.165) is 0 Å². The summed E-state index contributed by atoms with van der Waals surface area (Å²) in [7, 11) is 0. The van der Waals surface area contributed by atoms with Gasteiger partial charge in [-0.1, -0.05) is 5.16 Å². The third-order valence-corrected chi connectivity index (χ3v) is 1.72. The highest BCUT2D eigenvalue weighted by Gasteiger charge is 2.04. The summed E-state index contributed by atoms with van der Waals surface area (Å²) < 4.78 is 4.92. The molecule has 0 fully saturated rings. The Hall–Kier alpha value is -2.18. The summed E-state index contributed by atoms with van der Waals surface area (Å²) in [6.07, 6.45) is 2.94. The number of nitrogens with zero attached hydrogens (tertiary/aromatic N) is 4. The lowest BCUT2D eigenvalue weighted by atomic mass is 10.5. The molecule has 0 aliphatic rings. The SMILES string of the molecule is Cc1noc(CNc2ncncc2N)n1. The molecule has 7 nitrogen and oxygen atoms in total. The first-order valence-electron chi connectivity index (χ1n) is 4.34. The van der Waals surface area contributed by atoms with Crippen molar-refractivity contribution in [1.82, 2.24) is 20.1 Å². The predicted molar refractivity (Wildman–Crippen MR) is 52.8 cm³/mol. The summed E-state index contributed by atoms with van der Waals surface area (Å²) >= 11 is 0. The lowest BCUT2D eigenvalue weighted by Crippen LogP contribution is -2.05. The number of nitrogens with two attached hydrogens (primary N) is 1. The van der Waals surface area contributed by atoms with Crippen LogP contribution in [0, 0.1) is 6.92 Å². The second-order valence-corrected chi connectivity index (χ2v) is 2.92. The Bertz CT molecular complexity index is 454. The highest BCUT2D eigenvalue weighted by Crippen LogP contribution is 2.12. The molecule has 0 spiro atoms. The van der Waals surface area contributed by atoms with Crippen LogP contribution >= 0.6 is 0 Å². The molecule has 0 unspecified atom stereocenters. The van der Waals surface area contributed by atoms with Crippen molar-refractivity contribution in [2.45, 2.75) is 13.5 Å². The molecule has 78 valence electrons. The molecule has 7 heteroatoms. The van der Waals surface area contributed by atoms with Gasteiger partial charge in [0.05, 0.1) is 18.4 Å². The fourth-order valence-corrected chi connectivity index (χ4v) is 1.06. The average molecular weight is 206 g/mol. The minimum Gasteiger partial charge on any atom is -0.394 e. The van der Waals surface area contributed by atoms with Gasteiger partial charge >= 0.3 is 0 Å². The van der Waals surface area contributed by atoms with E-state index < -0.39 is 0 Å². The highest BCUT2D eigenvalue weighted by atomic mass is 16.5. The fraction of sp³-hybridized carbons (Fsp3) is 0.250. The zero-order valence-corrected chi connectivity index (χ0v) is 8.14. The van der Waals surface area contributed by atoms with Crippen LogP contribution in [-0.2, 0) is 6.54 Å². The molecule has 2 aromatic rings. The Kier molecular flexibility index (Phi) is 2.44. The molecule has 0 saturated heterocycles. The topological polar surface area (TPSA) is 103 Å². The van der Waals surface area contributed by atoms with E-state index in [2.05, 4.69) is 25.4 Å². The predicted octanol–water partition coefficient (Wildman–Crippen LogP) is 0.362. The van der Waals surface area contributed by atoms with Crippen molar-refractivity contribution in [3.05, 3.63) is 24.2 Å². The summed E-state index contributed by atoms with van der Waals surface area (Å²) in [4.78, 5) is 11.8. The molecule has 0 atom stereocenters. The zero-order valence-electron chi connectivity index (χ0n) is 8.14. The van der Waals surface area contributed by atoms with Crippen LogP contribution in [0.5, 0.6) is 0 Å². The van der Waals surface area contributed by atoms with Crippen molar-refractivity contribution < 1.29 is 4.52 Å². The Balaban J connectivity index is 2.02. The van der Waals surface area contributed by atoms with Crippen molar-refractivity contribution in [2.24, 2.45) is 0 Å². The van der Waals surface area contributed by atoms with Gasteiger partial charge in [0.25, 0.3) is 0 Å². The van der Waals surface area contributed by atoms with Gasteiger partial charge in [-0.15, -0.1) is 0 Å². The van der Waals surface area contributed by atoms with Gasteiger partial charge in [-0.05, 0) is 6.92 Å². The molecule has 2 aromatic heterocycles. The number of nitrogen functional groups attached to an aromatic ring is 1. The lowest BCUT2D eigenvalue weighted by molar-refractivity contribution is 0.379. The molecule has 0 amide bonds. The zero-order chi connectivity index (χ0) is 10.7. The van der Waals surface area contributed by atoms with Crippen molar-refractivity contribution in [3.8, 4) is 0 Å². The maximum absolute atomic E-state index is 5.64. The van der Waals surface area contributed by atoms with Crippen LogP contribution in [0.1, 0.15) is 11.7 Å². The van der Waals surface area contributed by atoms with Crippen molar-refractivity contribution >= 4 is 11.5 Å². The van der Waals surface area contributed by atoms with E-state index in [1.165, 1.54) is 12.5 Å². The first-order valence-corrected chi connectivity index (χ1v) is 4.34.